The molecular weight excluding hydrogens is 270 g/mol. The van der Waals surface area contributed by atoms with Gasteiger partial charge in [-0.05, 0) is 5.92 Å². The zero-order valence-electron chi connectivity index (χ0n) is 11.0. The molecule has 0 bridgehead atoms. The molecule has 2 amide bonds. The highest BCUT2D eigenvalue weighted by Gasteiger charge is 2.27. The molecule has 7 nitrogen and oxygen atoms in total. The molecule has 0 aromatic heterocycles. The highest BCUT2D eigenvalue weighted by Crippen LogP contribution is 2.08. The van der Waals surface area contributed by atoms with Crippen LogP contribution in [0.15, 0.2) is 0 Å². The van der Waals surface area contributed by atoms with Crippen LogP contribution in [0.25, 0.3) is 0 Å². The SMILES string of the molecule is CC[C@H](C)[C@H](NC(=O)[C@@H](N)CS)C(=O)NCC(=O)O. The van der Waals surface area contributed by atoms with Crippen LogP contribution in [0.1, 0.15) is 20.3 Å². The van der Waals surface area contributed by atoms with Gasteiger partial charge in [-0.15, -0.1) is 0 Å². The van der Waals surface area contributed by atoms with Crippen LogP contribution >= 0.6 is 12.6 Å². The molecule has 3 atom stereocenters. The molecule has 0 saturated carbocycles. The smallest absolute Gasteiger partial charge is 0.322 e. The molecule has 8 heteroatoms. The van der Waals surface area contributed by atoms with Gasteiger partial charge in [-0.25, -0.2) is 0 Å². The Bertz CT molecular complexity index is 338. The number of rotatable bonds is 8. The number of aliphatic carboxylic acids is 1. The van der Waals surface area contributed by atoms with E-state index in [1.165, 1.54) is 0 Å². The highest BCUT2D eigenvalue weighted by atomic mass is 32.1. The second-order valence-electron chi connectivity index (χ2n) is 4.27. The second kappa shape index (κ2) is 8.76. The van der Waals surface area contributed by atoms with Crippen molar-refractivity contribution in [3.63, 3.8) is 0 Å². The van der Waals surface area contributed by atoms with Crippen LogP contribution < -0.4 is 16.4 Å². The van der Waals surface area contributed by atoms with Gasteiger partial charge in [0.1, 0.15) is 12.6 Å². The maximum absolute atomic E-state index is 11.8. The maximum Gasteiger partial charge on any atom is 0.322 e. The summed E-state index contributed by atoms with van der Waals surface area (Å²) in [6, 6.07) is -1.61. The van der Waals surface area contributed by atoms with Crippen molar-refractivity contribution < 1.29 is 19.5 Å². The average molecular weight is 291 g/mol. The lowest BCUT2D eigenvalue weighted by Crippen LogP contribution is -2.55. The molecule has 110 valence electrons. The van der Waals surface area contributed by atoms with E-state index in [2.05, 4.69) is 23.3 Å². The summed E-state index contributed by atoms with van der Waals surface area (Å²) in [5, 5.41) is 13.3. The van der Waals surface area contributed by atoms with Gasteiger partial charge >= 0.3 is 5.97 Å². The normalized spacial score (nSPS) is 15.2. The Morgan fingerprint density at radius 1 is 1.32 bits per heavy atom. The molecule has 0 aliphatic rings. The Morgan fingerprint density at radius 2 is 1.89 bits per heavy atom. The van der Waals surface area contributed by atoms with E-state index in [-0.39, 0.29) is 11.7 Å². The van der Waals surface area contributed by atoms with Gasteiger partial charge in [-0.2, -0.15) is 12.6 Å². The number of hydrogen-bond donors (Lipinski definition) is 5. The first kappa shape index (κ1) is 17.7. The zero-order valence-corrected chi connectivity index (χ0v) is 11.9. The lowest BCUT2D eigenvalue weighted by atomic mass is 9.98. The molecule has 0 rings (SSSR count). The van der Waals surface area contributed by atoms with Crippen LogP contribution in [0, 0.1) is 5.92 Å². The topological polar surface area (TPSA) is 122 Å². The van der Waals surface area contributed by atoms with E-state index in [1.807, 2.05) is 6.92 Å². The molecule has 0 heterocycles. The van der Waals surface area contributed by atoms with Crippen LogP contribution in [0.5, 0.6) is 0 Å². The number of carbonyl (C=O) groups excluding carboxylic acids is 2. The van der Waals surface area contributed by atoms with Crippen molar-refractivity contribution in [1.29, 1.82) is 0 Å². The summed E-state index contributed by atoms with van der Waals surface area (Å²) in [4.78, 5) is 33.9. The standard InChI is InChI=1S/C11H21N3O4S/c1-3-6(2)9(11(18)13-4-8(15)16)14-10(17)7(12)5-19/h6-7,9,19H,3-5,12H2,1-2H3,(H,13,18)(H,14,17)(H,15,16)/t6-,7-,9-/m0/s1. The van der Waals surface area contributed by atoms with Crippen molar-refractivity contribution in [3.8, 4) is 0 Å². The van der Waals surface area contributed by atoms with E-state index < -0.39 is 36.4 Å². The molecule has 5 N–H and O–H groups in total. The molecule has 0 spiro atoms. The third-order valence-electron chi connectivity index (χ3n) is 2.74. The molecule has 0 radical (unpaired) electrons. The fraction of sp³-hybridized carbons (Fsp3) is 0.727. The fourth-order valence-corrected chi connectivity index (χ4v) is 1.48. The van der Waals surface area contributed by atoms with Gasteiger partial charge in [0.25, 0.3) is 0 Å². The minimum absolute atomic E-state index is 0.134. The van der Waals surface area contributed by atoms with Crippen LogP contribution in [-0.4, -0.2) is 47.3 Å². The molecule has 0 aromatic carbocycles. The van der Waals surface area contributed by atoms with Gasteiger partial charge in [0.15, 0.2) is 0 Å². The van der Waals surface area contributed by atoms with Gasteiger partial charge in [0.2, 0.25) is 11.8 Å². The Balaban J connectivity index is 4.67. The van der Waals surface area contributed by atoms with Crippen molar-refractivity contribution in [1.82, 2.24) is 10.6 Å². The summed E-state index contributed by atoms with van der Waals surface area (Å²) >= 11 is 3.91. The minimum atomic E-state index is -1.14. The number of hydrogen-bond acceptors (Lipinski definition) is 5. The summed E-state index contributed by atoms with van der Waals surface area (Å²) in [5.41, 5.74) is 5.51. The number of nitrogens with one attached hydrogen (secondary N) is 2. The average Bonchev–Trinajstić information content (AvgIpc) is 2.39. The molecule has 0 aromatic rings. The summed E-state index contributed by atoms with van der Waals surface area (Å²) in [6.07, 6.45) is 0.654. The predicted molar refractivity (Wildman–Crippen MR) is 73.9 cm³/mol. The van der Waals surface area contributed by atoms with Gasteiger partial charge in [-0.3, -0.25) is 14.4 Å². The van der Waals surface area contributed by atoms with E-state index in [0.29, 0.717) is 6.42 Å². The van der Waals surface area contributed by atoms with Gasteiger partial charge in [0, 0.05) is 5.75 Å². The molecule has 0 aliphatic heterocycles. The van der Waals surface area contributed by atoms with Crippen molar-refractivity contribution in [2.24, 2.45) is 11.7 Å². The van der Waals surface area contributed by atoms with Crippen molar-refractivity contribution in [2.75, 3.05) is 12.3 Å². The van der Waals surface area contributed by atoms with Crippen LogP contribution in [0.3, 0.4) is 0 Å². The quantitative estimate of drug-likeness (QED) is 0.366. The number of amides is 2. The van der Waals surface area contributed by atoms with Crippen molar-refractivity contribution >= 4 is 30.4 Å². The van der Waals surface area contributed by atoms with Crippen molar-refractivity contribution in [2.45, 2.75) is 32.4 Å². The number of thiol groups is 1. The number of carbonyl (C=O) groups is 3. The highest BCUT2D eigenvalue weighted by molar-refractivity contribution is 7.80. The monoisotopic (exact) mass is 291 g/mol. The van der Waals surface area contributed by atoms with Crippen LogP contribution in [0.2, 0.25) is 0 Å². The Kier molecular flexibility index (Phi) is 8.17. The van der Waals surface area contributed by atoms with Crippen molar-refractivity contribution in [3.05, 3.63) is 0 Å². The first-order valence-electron chi connectivity index (χ1n) is 5.99. The van der Waals surface area contributed by atoms with E-state index in [9.17, 15) is 14.4 Å². The van der Waals surface area contributed by atoms with E-state index in [0.717, 1.165) is 0 Å². The lowest BCUT2D eigenvalue weighted by Gasteiger charge is -2.24. The number of nitrogens with two attached hydrogens (primary N) is 1. The predicted octanol–water partition coefficient (Wildman–Crippen LogP) is -1.02. The summed E-state index contributed by atoms with van der Waals surface area (Å²) in [5.74, 6) is -2.13. The Morgan fingerprint density at radius 3 is 2.32 bits per heavy atom. The van der Waals surface area contributed by atoms with Crippen LogP contribution in [0.4, 0.5) is 0 Å². The largest absolute Gasteiger partial charge is 0.480 e. The van der Waals surface area contributed by atoms with Gasteiger partial charge in [0.05, 0.1) is 6.04 Å². The molecule has 0 unspecified atom stereocenters. The van der Waals surface area contributed by atoms with Gasteiger partial charge in [-0.1, -0.05) is 20.3 Å². The summed E-state index contributed by atoms with van der Waals surface area (Å²) < 4.78 is 0. The maximum atomic E-state index is 11.8. The Labute approximate surface area is 117 Å². The van der Waals surface area contributed by atoms with E-state index in [1.54, 1.807) is 6.92 Å². The lowest BCUT2D eigenvalue weighted by molar-refractivity contribution is -0.138. The van der Waals surface area contributed by atoms with Gasteiger partial charge < -0.3 is 21.5 Å². The zero-order chi connectivity index (χ0) is 15.0. The summed E-state index contributed by atoms with van der Waals surface area (Å²) in [6.45, 7) is 3.17. The first-order chi connectivity index (χ1) is 8.83. The molecule has 0 fully saturated rings. The molecular formula is C11H21N3O4S. The molecule has 0 aliphatic carbocycles. The number of carboxylic acid groups (broad SMARTS) is 1. The summed E-state index contributed by atoms with van der Waals surface area (Å²) in [7, 11) is 0. The fourth-order valence-electron chi connectivity index (χ4n) is 1.32. The second-order valence-corrected chi connectivity index (χ2v) is 4.64. The molecule has 0 saturated heterocycles. The minimum Gasteiger partial charge on any atom is -0.480 e. The van der Waals surface area contributed by atoms with E-state index in [4.69, 9.17) is 10.8 Å². The Hall–Kier alpha value is -1.28. The third kappa shape index (κ3) is 6.44. The van der Waals surface area contributed by atoms with E-state index >= 15 is 0 Å². The molecule has 19 heavy (non-hydrogen) atoms. The first-order valence-corrected chi connectivity index (χ1v) is 6.63. The van der Waals surface area contributed by atoms with Crippen LogP contribution in [-0.2, 0) is 14.4 Å². The number of carboxylic acids is 1. The third-order valence-corrected chi connectivity index (χ3v) is 3.13.